The number of nitrogens with two attached hydrogens (primary N) is 1. The molecule has 6 nitrogen and oxygen atoms in total. The Morgan fingerprint density at radius 3 is 2.75 bits per heavy atom. The van der Waals surface area contributed by atoms with Crippen LogP contribution in [0.1, 0.15) is 24.3 Å². The van der Waals surface area contributed by atoms with Gasteiger partial charge in [-0.2, -0.15) is 0 Å². The summed E-state index contributed by atoms with van der Waals surface area (Å²) in [6.45, 7) is 3.02. The molecule has 0 aliphatic rings. The van der Waals surface area contributed by atoms with Gasteiger partial charge in [-0.15, -0.1) is 11.3 Å². The number of carbonyl (C=O) groups is 1. The SMILES string of the molecule is CCN(CCCNC(=O)C(N)c1cccs1)S(C)(=O)=O. The molecule has 114 valence electrons. The lowest BCUT2D eigenvalue weighted by Crippen LogP contribution is -2.36. The molecule has 1 atom stereocenters. The van der Waals surface area contributed by atoms with Crippen LogP contribution in [0.2, 0.25) is 0 Å². The van der Waals surface area contributed by atoms with E-state index in [2.05, 4.69) is 5.32 Å². The minimum Gasteiger partial charge on any atom is -0.354 e. The molecule has 0 aliphatic heterocycles. The molecule has 1 aromatic heterocycles. The maximum Gasteiger partial charge on any atom is 0.242 e. The Morgan fingerprint density at radius 2 is 2.25 bits per heavy atom. The molecule has 1 heterocycles. The van der Waals surface area contributed by atoms with Gasteiger partial charge in [0.2, 0.25) is 15.9 Å². The van der Waals surface area contributed by atoms with Crippen molar-refractivity contribution >= 4 is 27.3 Å². The first kappa shape index (κ1) is 17.1. The fourth-order valence-corrected chi connectivity index (χ4v) is 3.39. The summed E-state index contributed by atoms with van der Waals surface area (Å²) in [6.07, 6.45) is 1.74. The van der Waals surface area contributed by atoms with Gasteiger partial charge in [0.25, 0.3) is 0 Å². The molecule has 8 heteroatoms. The lowest BCUT2D eigenvalue weighted by molar-refractivity contribution is -0.122. The highest BCUT2D eigenvalue weighted by atomic mass is 32.2. The van der Waals surface area contributed by atoms with Gasteiger partial charge >= 0.3 is 0 Å². The topological polar surface area (TPSA) is 92.5 Å². The maximum absolute atomic E-state index is 11.8. The highest BCUT2D eigenvalue weighted by Gasteiger charge is 2.17. The van der Waals surface area contributed by atoms with Crippen LogP contribution >= 0.6 is 11.3 Å². The number of nitrogens with zero attached hydrogens (tertiary/aromatic N) is 1. The largest absolute Gasteiger partial charge is 0.354 e. The molecule has 0 aromatic carbocycles. The number of hydrogen-bond donors (Lipinski definition) is 2. The van der Waals surface area contributed by atoms with E-state index in [-0.39, 0.29) is 5.91 Å². The summed E-state index contributed by atoms with van der Waals surface area (Å²) in [7, 11) is -3.17. The molecule has 0 fully saturated rings. The van der Waals surface area contributed by atoms with Gasteiger partial charge < -0.3 is 11.1 Å². The first-order chi connectivity index (χ1) is 9.36. The van der Waals surface area contributed by atoms with Crippen LogP contribution in [0.25, 0.3) is 0 Å². The molecule has 1 amide bonds. The molecular weight excluding hydrogens is 298 g/mol. The summed E-state index contributed by atoms with van der Waals surface area (Å²) in [4.78, 5) is 12.6. The van der Waals surface area contributed by atoms with Gasteiger partial charge in [0.1, 0.15) is 6.04 Å². The van der Waals surface area contributed by atoms with Gasteiger partial charge in [-0.25, -0.2) is 12.7 Å². The number of hydrogen-bond acceptors (Lipinski definition) is 5. The molecule has 0 saturated heterocycles. The third-order valence-electron chi connectivity index (χ3n) is 2.84. The molecule has 0 bridgehead atoms. The third kappa shape index (κ3) is 5.20. The summed E-state index contributed by atoms with van der Waals surface area (Å²) in [5.74, 6) is -0.241. The number of amides is 1. The second kappa shape index (κ2) is 7.72. The fourth-order valence-electron chi connectivity index (χ4n) is 1.73. The third-order valence-corrected chi connectivity index (χ3v) is 5.17. The smallest absolute Gasteiger partial charge is 0.242 e. The maximum atomic E-state index is 11.8. The molecule has 0 radical (unpaired) electrons. The minimum absolute atomic E-state index is 0.241. The Balaban J connectivity index is 2.32. The molecule has 3 N–H and O–H groups in total. The fraction of sp³-hybridized carbons (Fsp3) is 0.583. The van der Waals surface area contributed by atoms with Crippen molar-refractivity contribution in [1.29, 1.82) is 0 Å². The van der Waals surface area contributed by atoms with Crippen LogP contribution in [0, 0.1) is 0 Å². The lowest BCUT2D eigenvalue weighted by Gasteiger charge is -2.18. The molecule has 1 rings (SSSR count). The molecule has 0 spiro atoms. The first-order valence-electron chi connectivity index (χ1n) is 6.38. The van der Waals surface area contributed by atoms with Crippen molar-refractivity contribution in [2.24, 2.45) is 5.73 Å². The predicted molar refractivity (Wildman–Crippen MR) is 81.0 cm³/mol. The van der Waals surface area contributed by atoms with Crippen molar-refractivity contribution in [2.75, 3.05) is 25.9 Å². The minimum atomic E-state index is -3.17. The molecule has 20 heavy (non-hydrogen) atoms. The van der Waals surface area contributed by atoms with E-state index in [4.69, 9.17) is 5.73 Å². The van der Waals surface area contributed by atoms with Crippen LogP contribution in [-0.4, -0.2) is 44.5 Å². The van der Waals surface area contributed by atoms with Gasteiger partial charge in [0.05, 0.1) is 6.26 Å². The summed E-state index contributed by atoms with van der Waals surface area (Å²) in [6, 6.07) is 3.00. The van der Waals surface area contributed by atoms with Crippen molar-refractivity contribution in [3.63, 3.8) is 0 Å². The Hall–Kier alpha value is -0.960. The first-order valence-corrected chi connectivity index (χ1v) is 9.11. The van der Waals surface area contributed by atoms with Crippen LogP contribution in [-0.2, 0) is 14.8 Å². The average Bonchev–Trinajstić information content (AvgIpc) is 2.89. The van der Waals surface area contributed by atoms with E-state index in [1.165, 1.54) is 21.9 Å². The summed E-state index contributed by atoms with van der Waals surface area (Å²) in [5, 5.41) is 4.59. The Kier molecular flexibility index (Phi) is 6.60. The number of thiophene rings is 1. The number of nitrogens with one attached hydrogen (secondary N) is 1. The zero-order valence-electron chi connectivity index (χ0n) is 11.7. The van der Waals surface area contributed by atoms with Crippen LogP contribution in [0.4, 0.5) is 0 Å². The van der Waals surface area contributed by atoms with Crippen LogP contribution in [0.5, 0.6) is 0 Å². The second-order valence-corrected chi connectivity index (χ2v) is 7.35. The van der Waals surface area contributed by atoms with Gasteiger partial charge in [0, 0.05) is 24.5 Å². The number of sulfonamides is 1. The summed E-state index contributed by atoms with van der Waals surface area (Å²) >= 11 is 1.44. The quantitative estimate of drug-likeness (QED) is 0.684. The summed E-state index contributed by atoms with van der Waals surface area (Å²) < 4.78 is 24.1. The molecule has 0 aliphatic carbocycles. The van der Waals surface area contributed by atoms with Gasteiger partial charge in [-0.3, -0.25) is 4.79 Å². The average molecular weight is 319 g/mol. The van der Waals surface area contributed by atoms with E-state index in [0.29, 0.717) is 26.1 Å². The number of rotatable bonds is 8. The monoisotopic (exact) mass is 319 g/mol. The van der Waals surface area contributed by atoms with E-state index in [1.54, 1.807) is 6.92 Å². The zero-order valence-corrected chi connectivity index (χ0v) is 13.3. The highest BCUT2D eigenvalue weighted by Crippen LogP contribution is 2.16. The van der Waals surface area contributed by atoms with Crippen molar-refractivity contribution in [1.82, 2.24) is 9.62 Å². The zero-order chi connectivity index (χ0) is 15.2. The predicted octanol–water partition coefficient (Wildman–Crippen LogP) is 0.536. The Bertz CT molecular complexity index is 514. The van der Waals surface area contributed by atoms with Crippen molar-refractivity contribution in [3.05, 3.63) is 22.4 Å². The van der Waals surface area contributed by atoms with Crippen molar-refractivity contribution < 1.29 is 13.2 Å². The normalized spacial score (nSPS) is 13.4. The lowest BCUT2D eigenvalue weighted by atomic mass is 10.2. The van der Waals surface area contributed by atoms with Crippen molar-refractivity contribution in [2.45, 2.75) is 19.4 Å². The second-order valence-electron chi connectivity index (χ2n) is 4.39. The number of carbonyl (C=O) groups excluding carboxylic acids is 1. The Labute approximate surface area is 124 Å². The molecule has 1 aromatic rings. The van der Waals surface area contributed by atoms with Gasteiger partial charge in [-0.05, 0) is 17.9 Å². The molecule has 0 saturated carbocycles. The van der Waals surface area contributed by atoms with E-state index >= 15 is 0 Å². The van der Waals surface area contributed by atoms with E-state index in [1.807, 2.05) is 17.5 Å². The standard InChI is InChI=1S/C12H21N3O3S2/c1-3-15(20(2,17)18)8-5-7-14-12(16)11(13)10-6-4-9-19-10/h4,6,9,11H,3,5,7-8,13H2,1-2H3,(H,14,16). The van der Waals surface area contributed by atoms with Gasteiger partial charge in [-0.1, -0.05) is 13.0 Å². The van der Waals surface area contributed by atoms with Crippen LogP contribution < -0.4 is 11.1 Å². The highest BCUT2D eigenvalue weighted by molar-refractivity contribution is 7.88. The van der Waals surface area contributed by atoms with Crippen LogP contribution in [0.3, 0.4) is 0 Å². The summed E-state index contributed by atoms with van der Waals surface area (Å²) in [5.41, 5.74) is 5.81. The van der Waals surface area contributed by atoms with Crippen LogP contribution in [0.15, 0.2) is 17.5 Å². The van der Waals surface area contributed by atoms with Crippen molar-refractivity contribution in [3.8, 4) is 0 Å². The molecular formula is C12H21N3O3S2. The molecule has 1 unspecified atom stereocenters. The van der Waals surface area contributed by atoms with Gasteiger partial charge in [0.15, 0.2) is 0 Å². The van der Waals surface area contributed by atoms with E-state index < -0.39 is 16.1 Å². The Morgan fingerprint density at radius 1 is 1.55 bits per heavy atom. The van der Waals surface area contributed by atoms with E-state index in [9.17, 15) is 13.2 Å². The van der Waals surface area contributed by atoms with E-state index in [0.717, 1.165) is 4.88 Å².